The van der Waals surface area contributed by atoms with Gasteiger partial charge in [-0.2, -0.15) is 8.42 Å². The Labute approximate surface area is 141 Å². The van der Waals surface area contributed by atoms with E-state index in [9.17, 15) is 13.5 Å². The molecule has 5 nitrogen and oxygen atoms in total. The summed E-state index contributed by atoms with van der Waals surface area (Å²) in [6.07, 6.45) is 0.911. The summed E-state index contributed by atoms with van der Waals surface area (Å²) >= 11 is 1.46. The molecule has 2 rings (SSSR count). The fraction of sp³-hybridized carbons (Fsp3) is 0.375. The van der Waals surface area contributed by atoms with Gasteiger partial charge in [-0.05, 0) is 26.7 Å². The van der Waals surface area contributed by atoms with E-state index >= 15 is 0 Å². The summed E-state index contributed by atoms with van der Waals surface area (Å²) in [5, 5.41) is 11.3. The molecule has 0 bridgehead atoms. The van der Waals surface area contributed by atoms with Crippen molar-refractivity contribution in [3.05, 3.63) is 51.5 Å². The summed E-state index contributed by atoms with van der Waals surface area (Å²) < 4.78 is 30.5. The van der Waals surface area contributed by atoms with E-state index in [0.717, 1.165) is 21.2 Å². The molecule has 1 aliphatic rings. The zero-order valence-electron chi connectivity index (χ0n) is 13.2. The molecule has 0 radical (unpaired) electrons. The van der Waals surface area contributed by atoms with Crippen molar-refractivity contribution < 1.29 is 18.1 Å². The van der Waals surface area contributed by atoms with E-state index < -0.39 is 10.1 Å². The average Bonchev–Trinajstić information content (AvgIpc) is 2.82. The van der Waals surface area contributed by atoms with Crippen LogP contribution in [0.1, 0.15) is 32.3 Å². The minimum atomic E-state index is -3.93. The second kappa shape index (κ2) is 7.42. The van der Waals surface area contributed by atoms with Gasteiger partial charge in [0.1, 0.15) is 5.03 Å². The fourth-order valence-corrected chi connectivity index (χ4v) is 4.31. The molecule has 0 spiro atoms. The summed E-state index contributed by atoms with van der Waals surface area (Å²) in [5.74, 6) is -0.0261. The highest BCUT2D eigenvalue weighted by Gasteiger charge is 2.27. The predicted molar refractivity (Wildman–Crippen MR) is 94.3 cm³/mol. The number of hydrogen-bond acceptors (Lipinski definition) is 5. The Morgan fingerprint density at radius 2 is 1.91 bits per heavy atom. The Kier molecular flexibility index (Phi) is 5.78. The minimum absolute atomic E-state index is 0.224. The lowest BCUT2D eigenvalue weighted by Gasteiger charge is -2.20. The van der Waals surface area contributed by atoms with Crippen LogP contribution in [0.5, 0.6) is 0 Å². The van der Waals surface area contributed by atoms with Crippen molar-refractivity contribution in [2.45, 2.75) is 26.7 Å². The standard InChI is InChI=1S/C16H21NO4S2/c1-3-17-12(2)14(10-7-11-23(19,20)21)22-16(17)15(18)13-8-5-4-6-9-13/h4-6,8-9,18H,3,7,10-11H2,1-2H3,(H,19,20,21)/b16-15+. The van der Waals surface area contributed by atoms with Crippen LogP contribution in [0.4, 0.5) is 0 Å². The van der Waals surface area contributed by atoms with E-state index in [1.54, 1.807) is 0 Å². The van der Waals surface area contributed by atoms with Gasteiger partial charge in [0.2, 0.25) is 0 Å². The maximum Gasteiger partial charge on any atom is 0.264 e. The maximum atomic E-state index is 10.8. The van der Waals surface area contributed by atoms with Crippen molar-refractivity contribution in [3.8, 4) is 0 Å². The van der Waals surface area contributed by atoms with E-state index in [2.05, 4.69) is 0 Å². The molecule has 0 saturated heterocycles. The van der Waals surface area contributed by atoms with Gasteiger partial charge in [0.15, 0.2) is 5.76 Å². The minimum Gasteiger partial charge on any atom is -0.505 e. The molecule has 126 valence electrons. The molecule has 1 aliphatic heterocycles. The fourth-order valence-electron chi connectivity index (χ4n) is 2.47. The molecule has 23 heavy (non-hydrogen) atoms. The Morgan fingerprint density at radius 3 is 2.48 bits per heavy atom. The van der Waals surface area contributed by atoms with Crippen LogP contribution in [0.25, 0.3) is 5.76 Å². The van der Waals surface area contributed by atoms with E-state index in [-0.39, 0.29) is 11.5 Å². The van der Waals surface area contributed by atoms with Crippen LogP contribution in [-0.4, -0.2) is 35.3 Å². The summed E-state index contributed by atoms with van der Waals surface area (Å²) in [4.78, 5) is 3.04. The van der Waals surface area contributed by atoms with Crippen LogP contribution in [-0.2, 0) is 10.1 Å². The van der Waals surface area contributed by atoms with Crippen LogP contribution < -0.4 is 0 Å². The van der Waals surface area contributed by atoms with Crippen LogP contribution in [0.2, 0.25) is 0 Å². The van der Waals surface area contributed by atoms with Crippen molar-refractivity contribution >= 4 is 27.6 Å². The first-order valence-corrected chi connectivity index (χ1v) is 9.85. The maximum absolute atomic E-state index is 10.8. The summed E-state index contributed by atoms with van der Waals surface area (Å²) in [7, 11) is -3.93. The third kappa shape index (κ3) is 4.53. The van der Waals surface area contributed by atoms with Crippen molar-refractivity contribution in [1.29, 1.82) is 0 Å². The Morgan fingerprint density at radius 1 is 1.26 bits per heavy atom. The van der Waals surface area contributed by atoms with E-state index in [4.69, 9.17) is 4.55 Å². The Bertz CT molecular complexity index is 724. The summed E-state index contributed by atoms with van der Waals surface area (Å²) in [6.45, 7) is 4.68. The zero-order chi connectivity index (χ0) is 17.0. The lowest BCUT2D eigenvalue weighted by molar-refractivity contribution is 0.447. The molecule has 7 heteroatoms. The molecular weight excluding hydrogens is 334 g/mol. The quantitative estimate of drug-likeness (QED) is 0.596. The summed E-state index contributed by atoms with van der Waals surface area (Å²) in [5.41, 5.74) is 1.77. The van der Waals surface area contributed by atoms with Crippen molar-refractivity contribution in [1.82, 2.24) is 4.90 Å². The lowest BCUT2D eigenvalue weighted by Crippen LogP contribution is -2.16. The van der Waals surface area contributed by atoms with Gasteiger partial charge in [0.25, 0.3) is 10.1 Å². The van der Waals surface area contributed by atoms with Gasteiger partial charge in [-0.1, -0.05) is 42.1 Å². The Hall–Kier alpha value is -1.44. The molecule has 0 aliphatic carbocycles. The normalized spacial score (nSPS) is 17.8. The average molecular weight is 355 g/mol. The highest BCUT2D eigenvalue weighted by Crippen LogP contribution is 2.45. The van der Waals surface area contributed by atoms with Gasteiger partial charge in [-0.15, -0.1) is 0 Å². The number of benzene rings is 1. The first-order valence-electron chi connectivity index (χ1n) is 7.42. The molecule has 1 aromatic rings. The highest BCUT2D eigenvalue weighted by molar-refractivity contribution is 8.07. The van der Waals surface area contributed by atoms with E-state index in [1.165, 1.54) is 11.8 Å². The lowest BCUT2D eigenvalue weighted by atomic mass is 10.2. The molecule has 1 aromatic carbocycles. The molecule has 0 unspecified atom stereocenters. The number of rotatable bonds is 6. The number of thioether (sulfide) groups is 1. The van der Waals surface area contributed by atoms with E-state index in [0.29, 0.717) is 19.4 Å². The highest BCUT2D eigenvalue weighted by atomic mass is 32.2. The number of aliphatic hydroxyl groups excluding tert-OH is 1. The van der Waals surface area contributed by atoms with Crippen LogP contribution in [0.3, 0.4) is 0 Å². The summed E-state index contributed by atoms with van der Waals surface area (Å²) in [6, 6.07) is 9.33. The molecule has 0 atom stereocenters. The Balaban J connectivity index is 2.20. The number of hydrogen-bond donors (Lipinski definition) is 2. The number of allylic oxidation sites excluding steroid dienone is 2. The molecular formula is C16H21NO4S2. The third-order valence-corrected chi connectivity index (χ3v) is 5.80. The van der Waals surface area contributed by atoms with Gasteiger partial charge in [-0.25, -0.2) is 0 Å². The first-order chi connectivity index (χ1) is 10.8. The van der Waals surface area contributed by atoms with Crippen molar-refractivity contribution in [2.24, 2.45) is 0 Å². The van der Waals surface area contributed by atoms with Crippen LogP contribution in [0, 0.1) is 0 Å². The zero-order valence-corrected chi connectivity index (χ0v) is 14.8. The van der Waals surface area contributed by atoms with Gasteiger partial charge in [0.05, 0.1) is 5.75 Å². The van der Waals surface area contributed by atoms with Crippen LogP contribution in [0.15, 0.2) is 46.0 Å². The smallest absolute Gasteiger partial charge is 0.264 e. The predicted octanol–water partition coefficient (Wildman–Crippen LogP) is 3.84. The molecule has 0 fully saturated rings. The van der Waals surface area contributed by atoms with Crippen LogP contribution >= 0.6 is 11.8 Å². The molecule has 2 N–H and O–H groups in total. The van der Waals surface area contributed by atoms with Crippen molar-refractivity contribution in [2.75, 3.05) is 12.3 Å². The molecule has 0 aromatic heterocycles. The second-order valence-corrected chi connectivity index (χ2v) is 7.92. The monoisotopic (exact) mass is 355 g/mol. The SMILES string of the molecule is CCN1C(C)=C(CCCS(=O)(=O)O)S/C1=C(/O)c1ccccc1. The molecule has 0 saturated carbocycles. The van der Waals surface area contributed by atoms with Gasteiger partial charge < -0.3 is 10.0 Å². The van der Waals surface area contributed by atoms with Gasteiger partial charge in [0, 0.05) is 22.7 Å². The number of nitrogens with zero attached hydrogens (tertiary/aromatic N) is 1. The van der Waals surface area contributed by atoms with Gasteiger partial charge in [-0.3, -0.25) is 4.55 Å². The van der Waals surface area contributed by atoms with Gasteiger partial charge >= 0.3 is 0 Å². The molecule has 1 heterocycles. The largest absolute Gasteiger partial charge is 0.505 e. The third-order valence-electron chi connectivity index (χ3n) is 3.65. The first kappa shape index (κ1) is 17.9. The van der Waals surface area contributed by atoms with Crippen molar-refractivity contribution in [3.63, 3.8) is 0 Å². The van der Waals surface area contributed by atoms with E-state index in [1.807, 2.05) is 49.1 Å². The second-order valence-electron chi connectivity index (χ2n) is 5.26. The number of aliphatic hydroxyl groups is 1. The molecule has 0 amide bonds. The topological polar surface area (TPSA) is 77.8 Å².